The van der Waals surface area contributed by atoms with Crippen LogP contribution in [-0.4, -0.2) is 16.9 Å². The van der Waals surface area contributed by atoms with Crippen LogP contribution in [0.2, 0.25) is 0 Å². The Morgan fingerprint density at radius 2 is 2.12 bits per heavy atom. The van der Waals surface area contributed by atoms with E-state index in [0.717, 1.165) is 31.6 Å². The molecule has 0 radical (unpaired) electrons. The molecule has 1 aromatic carbocycles. The number of allylic oxidation sites excluding steroid dienone is 1. The van der Waals surface area contributed by atoms with Crippen molar-refractivity contribution in [3.63, 3.8) is 0 Å². The van der Waals surface area contributed by atoms with Crippen LogP contribution in [0.1, 0.15) is 44.2 Å². The molecule has 0 amide bonds. The Kier molecular flexibility index (Phi) is 5.85. The Morgan fingerprint density at radius 1 is 1.24 bits per heavy atom. The predicted molar refractivity (Wildman–Crippen MR) is 109 cm³/mol. The first kappa shape index (κ1) is 17.7. The summed E-state index contributed by atoms with van der Waals surface area (Å²) < 4.78 is 0. The number of aromatic nitrogens is 2. The molecule has 2 heterocycles. The van der Waals surface area contributed by atoms with Gasteiger partial charge in [0.1, 0.15) is 0 Å². The van der Waals surface area contributed by atoms with Crippen LogP contribution in [0.3, 0.4) is 0 Å². The van der Waals surface area contributed by atoms with E-state index in [2.05, 4.69) is 61.6 Å². The summed E-state index contributed by atoms with van der Waals surface area (Å²) in [5.41, 5.74) is 6.35. The molecule has 3 aromatic rings. The van der Waals surface area contributed by atoms with Gasteiger partial charge in [-0.1, -0.05) is 0 Å². The number of unbranched alkanes of at least 4 members (excludes halogenated alkanes) is 1. The summed E-state index contributed by atoms with van der Waals surface area (Å²) in [5, 5.41) is 1.30. The number of hydrogen-bond donors (Lipinski definition) is 1. The van der Waals surface area contributed by atoms with Gasteiger partial charge < -0.3 is 0 Å². The Hall–Kier alpha value is -2.16. The average molecular weight is 330 g/mol. The summed E-state index contributed by atoms with van der Waals surface area (Å²) in [6, 6.07) is 9.08. The van der Waals surface area contributed by atoms with Crippen LogP contribution in [0.15, 0.2) is 49.3 Å². The summed E-state index contributed by atoms with van der Waals surface area (Å²) in [5.74, 6) is 0.717. The second-order valence-corrected chi connectivity index (χ2v) is 7.06. The fourth-order valence-corrected chi connectivity index (χ4v) is 3.30. The monoisotopic (exact) mass is 330 g/mol. The number of fused-ring (bicyclic) bond motifs is 1. The normalized spacial score (nSPS) is 12.2. The standard InChI is InChI=1S/C22H27BN2/c1-4-6-7-8-18-12-19(15-24-14-18)22-20-13-17(11-16(3)5-2)9-10-21(20)25-23-22/h4,9-10,12-16,25H,1,5-8,11H2,2-3H3/t16-/m1/s1. The Labute approximate surface area is 151 Å². The van der Waals surface area contributed by atoms with Gasteiger partial charge in [0, 0.05) is 0 Å². The molecule has 0 bridgehead atoms. The van der Waals surface area contributed by atoms with Crippen LogP contribution in [0.4, 0.5) is 0 Å². The van der Waals surface area contributed by atoms with Crippen LogP contribution < -0.4 is 0 Å². The van der Waals surface area contributed by atoms with E-state index in [1.54, 1.807) is 0 Å². The maximum absolute atomic E-state index is 4.47. The van der Waals surface area contributed by atoms with Gasteiger partial charge in [0.05, 0.1) is 0 Å². The first-order chi connectivity index (χ1) is 12.2. The molecule has 0 saturated carbocycles. The molecule has 0 aliphatic carbocycles. The zero-order chi connectivity index (χ0) is 17.6. The molecule has 0 fully saturated rings. The molecular weight excluding hydrogens is 303 g/mol. The first-order valence-electron chi connectivity index (χ1n) is 9.36. The number of nitrogens with one attached hydrogen (secondary N) is 1. The van der Waals surface area contributed by atoms with E-state index in [1.807, 2.05) is 18.5 Å². The molecular formula is C22H27BN2. The summed E-state index contributed by atoms with van der Waals surface area (Å²) in [4.78, 5) is 7.88. The molecule has 3 rings (SSSR count). The van der Waals surface area contributed by atoms with Gasteiger partial charge in [0.2, 0.25) is 0 Å². The van der Waals surface area contributed by atoms with E-state index in [9.17, 15) is 0 Å². The fourth-order valence-electron chi connectivity index (χ4n) is 3.30. The Bertz CT molecular complexity index is 850. The fraction of sp³-hybridized carbons (Fsp3) is 0.364. The SMILES string of the molecule is C=CCCCc1cncc(-c2b[nH]c3ccc(C[C@H](C)CC)cc23)c1. The molecule has 0 saturated heterocycles. The van der Waals surface area contributed by atoms with Gasteiger partial charge in [-0.25, -0.2) is 0 Å². The maximum atomic E-state index is 4.47. The molecule has 25 heavy (non-hydrogen) atoms. The number of benzene rings is 1. The van der Waals surface area contributed by atoms with Crippen molar-refractivity contribution in [3.05, 3.63) is 60.4 Å². The molecule has 3 heteroatoms. The van der Waals surface area contributed by atoms with Crippen molar-refractivity contribution in [2.45, 2.75) is 46.0 Å². The number of pyridine rings is 1. The summed E-state index contributed by atoms with van der Waals surface area (Å²) in [6.07, 6.45) is 11.5. The molecule has 2 aromatic heterocycles. The topological polar surface area (TPSA) is 28.7 Å². The number of aromatic amines is 1. The summed E-state index contributed by atoms with van der Waals surface area (Å²) in [7, 11) is 2.11. The Balaban J connectivity index is 1.91. The van der Waals surface area contributed by atoms with E-state index < -0.39 is 0 Å². The van der Waals surface area contributed by atoms with Crippen LogP contribution in [0.25, 0.3) is 21.9 Å². The predicted octanol–water partition coefficient (Wildman–Crippen LogP) is 5.67. The van der Waals surface area contributed by atoms with Crippen molar-refractivity contribution in [3.8, 4) is 11.0 Å². The molecule has 1 atom stereocenters. The van der Waals surface area contributed by atoms with Gasteiger partial charge >= 0.3 is 151 Å². The van der Waals surface area contributed by atoms with Crippen LogP contribution >= 0.6 is 0 Å². The van der Waals surface area contributed by atoms with Gasteiger partial charge in [-0.2, -0.15) is 0 Å². The van der Waals surface area contributed by atoms with Gasteiger partial charge in [0.15, 0.2) is 0 Å². The molecule has 128 valence electrons. The number of rotatable bonds is 8. The van der Waals surface area contributed by atoms with E-state index in [0.29, 0.717) is 0 Å². The third kappa shape index (κ3) is 4.28. The zero-order valence-electron chi connectivity index (χ0n) is 15.4. The van der Waals surface area contributed by atoms with Crippen molar-refractivity contribution >= 4 is 18.0 Å². The van der Waals surface area contributed by atoms with E-state index in [-0.39, 0.29) is 0 Å². The summed E-state index contributed by atoms with van der Waals surface area (Å²) in [6.45, 7) is 8.38. The quantitative estimate of drug-likeness (QED) is 0.419. The summed E-state index contributed by atoms with van der Waals surface area (Å²) >= 11 is 0. The number of aryl methyl sites for hydroxylation is 1. The van der Waals surface area contributed by atoms with Gasteiger partial charge in [-0.15, -0.1) is 0 Å². The average Bonchev–Trinajstić information content (AvgIpc) is 3.05. The van der Waals surface area contributed by atoms with E-state index in [1.165, 1.54) is 39.5 Å². The van der Waals surface area contributed by atoms with Crippen molar-refractivity contribution in [2.75, 3.05) is 0 Å². The Morgan fingerprint density at radius 3 is 2.92 bits per heavy atom. The second-order valence-electron chi connectivity index (χ2n) is 7.06. The van der Waals surface area contributed by atoms with Crippen molar-refractivity contribution in [1.29, 1.82) is 0 Å². The van der Waals surface area contributed by atoms with Gasteiger partial charge in [-0.3, -0.25) is 0 Å². The number of hydrogen-bond acceptors (Lipinski definition) is 1. The molecule has 2 nitrogen and oxygen atoms in total. The first-order valence-corrected chi connectivity index (χ1v) is 9.36. The van der Waals surface area contributed by atoms with Gasteiger partial charge in [0.25, 0.3) is 0 Å². The molecule has 1 N–H and O–H groups in total. The van der Waals surface area contributed by atoms with Crippen LogP contribution in [0, 0.1) is 5.92 Å². The van der Waals surface area contributed by atoms with Crippen molar-refractivity contribution in [1.82, 2.24) is 9.88 Å². The third-order valence-electron chi connectivity index (χ3n) is 5.01. The van der Waals surface area contributed by atoms with Crippen molar-refractivity contribution in [2.24, 2.45) is 5.92 Å². The molecule has 0 aliphatic rings. The molecule has 0 aliphatic heterocycles. The third-order valence-corrected chi connectivity index (χ3v) is 5.01. The number of H-pyrrole nitrogens is 1. The van der Waals surface area contributed by atoms with E-state index >= 15 is 0 Å². The second kappa shape index (κ2) is 8.29. The minimum atomic E-state index is 0.717. The van der Waals surface area contributed by atoms with Crippen LogP contribution in [0.5, 0.6) is 0 Å². The van der Waals surface area contributed by atoms with Crippen LogP contribution in [-0.2, 0) is 12.8 Å². The van der Waals surface area contributed by atoms with Gasteiger partial charge in [-0.05, 0) is 0 Å². The number of nitrogens with zero attached hydrogens (tertiary/aromatic N) is 1. The van der Waals surface area contributed by atoms with Crippen molar-refractivity contribution < 1.29 is 0 Å². The zero-order valence-corrected chi connectivity index (χ0v) is 15.4. The molecule has 0 unspecified atom stereocenters. The molecule has 0 spiro atoms. The minimum absolute atomic E-state index is 0.717. The van der Waals surface area contributed by atoms with E-state index in [4.69, 9.17) is 0 Å².